The number of rotatable bonds is 4. The van der Waals surface area contributed by atoms with Gasteiger partial charge in [0.15, 0.2) is 0 Å². The summed E-state index contributed by atoms with van der Waals surface area (Å²) in [5.74, 6) is -1.39. The van der Waals surface area contributed by atoms with Gasteiger partial charge in [0.05, 0.1) is 23.3 Å². The van der Waals surface area contributed by atoms with Crippen LogP contribution in [0.1, 0.15) is 37.9 Å². The maximum atomic E-state index is 13.9. The number of aliphatic carboxylic acids is 1. The predicted octanol–water partition coefficient (Wildman–Crippen LogP) is 4.90. The van der Waals surface area contributed by atoms with E-state index < -0.39 is 22.8 Å². The summed E-state index contributed by atoms with van der Waals surface area (Å²) in [6.07, 6.45) is 0.729. The van der Waals surface area contributed by atoms with Gasteiger partial charge in [0.1, 0.15) is 23.8 Å². The number of benzene rings is 2. The van der Waals surface area contributed by atoms with Crippen LogP contribution >= 0.6 is 11.6 Å². The number of carboxylic acid groups (broad SMARTS) is 1. The zero-order chi connectivity index (χ0) is 22.8. The second-order valence-electron chi connectivity index (χ2n) is 9.23. The fourth-order valence-electron chi connectivity index (χ4n) is 5.06. The van der Waals surface area contributed by atoms with Crippen molar-refractivity contribution in [1.29, 1.82) is 0 Å². The lowest BCUT2D eigenvalue weighted by molar-refractivity contribution is -0.198. The Morgan fingerprint density at radius 3 is 2.75 bits per heavy atom. The highest BCUT2D eigenvalue weighted by Gasteiger charge is 2.56. The minimum absolute atomic E-state index is 0.0172. The van der Waals surface area contributed by atoms with E-state index in [-0.39, 0.29) is 23.5 Å². The molecule has 168 valence electrons. The number of phenols is 1. The maximum Gasteiger partial charge on any atom is 0.329 e. The number of hydrogen-bond donors (Lipinski definition) is 2. The Kier molecular flexibility index (Phi) is 4.78. The lowest BCUT2D eigenvalue weighted by atomic mass is 9.67. The van der Waals surface area contributed by atoms with Gasteiger partial charge in [-0.05, 0) is 30.3 Å². The molecule has 1 saturated carbocycles. The third kappa shape index (κ3) is 3.10. The summed E-state index contributed by atoms with van der Waals surface area (Å²) in [4.78, 5) is 10.9. The highest BCUT2D eigenvalue weighted by molar-refractivity contribution is 6.30. The molecule has 6 nitrogen and oxygen atoms in total. The summed E-state index contributed by atoms with van der Waals surface area (Å²) in [6.45, 7) is 4.19. The number of fused-ring (bicyclic) bond motifs is 4. The fourth-order valence-corrected chi connectivity index (χ4v) is 5.24. The van der Waals surface area contributed by atoms with Crippen LogP contribution < -0.4 is 0 Å². The van der Waals surface area contributed by atoms with Crippen LogP contribution in [0.25, 0.3) is 16.6 Å². The van der Waals surface area contributed by atoms with Gasteiger partial charge in [0, 0.05) is 40.6 Å². The van der Waals surface area contributed by atoms with Gasteiger partial charge in [-0.2, -0.15) is 0 Å². The van der Waals surface area contributed by atoms with Crippen molar-refractivity contribution in [3.8, 4) is 11.4 Å². The third-order valence-corrected chi connectivity index (χ3v) is 6.79. The molecule has 2 aliphatic rings. The molecule has 2 heterocycles. The van der Waals surface area contributed by atoms with Crippen LogP contribution in [0.15, 0.2) is 36.4 Å². The topological polar surface area (TPSA) is 80.9 Å². The number of halogens is 2. The standard InChI is InChI=1S/C24H23ClFNO5/c1-23(2)12-32-24(9-14(10-24)31-11-19(29)30)21-20-17(4-3-5-18(20)28)27(22(21)23)13-6-7-16(26)15(25)8-13/h3-8,14,28H,9-12H2,1-2H3,(H,29,30). The van der Waals surface area contributed by atoms with Crippen molar-refractivity contribution < 1.29 is 28.9 Å². The molecular formula is C24H23ClFNO5. The number of ether oxygens (including phenoxy) is 2. The van der Waals surface area contributed by atoms with Gasteiger partial charge in [0.2, 0.25) is 0 Å². The minimum atomic E-state index is -1.01. The van der Waals surface area contributed by atoms with Gasteiger partial charge in [-0.1, -0.05) is 31.5 Å². The van der Waals surface area contributed by atoms with Crippen molar-refractivity contribution >= 4 is 28.5 Å². The molecule has 32 heavy (non-hydrogen) atoms. The largest absolute Gasteiger partial charge is 0.507 e. The van der Waals surface area contributed by atoms with E-state index in [2.05, 4.69) is 13.8 Å². The number of hydrogen-bond acceptors (Lipinski definition) is 4. The number of aromatic hydroxyl groups is 1. The molecule has 5 rings (SSSR count). The van der Waals surface area contributed by atoms with E-state index in [0.717, 1.165) is 16.8 Å². The Hall–Kier alpha value is -2.61. The van der Waals surface area contributed by atoms with E-state index in [0.29, 0.717) is 30.5 Å². The van der Waals surface area contributed by atoms with Crippen molar-refractivity contribution in [2.75, 3.05) is 13.2 Å². The first kappa shape index (κ1) is 21.2. The molecule has 0 atom stereocenters. The summed E-state index contributed by atoms with van der Waals surface area (Å²) >= 11 is 6.11. The lowest BCUT2D eigenvalue weighted by Crippen LogP contribution is -2.54. The van der Waals surface area contributed by atoms with Crippen molar-refractivity contribution in [1.82, 2.24) is 4.57 Å². The van der Waals surface area contributed by atoms with Crippen LogP contribution in [0.3, 0.4) is 0 Å². The number of carboxylic acids is 1. The molecule has 2 aromatic carbocycles. The van der Waals surface area contributed by atoms with Crippen LogP contribution in [-0.4, -0.2) is 40.1 Å². The second-order valence-corrected chi connectivity index (χ2v) is 9.64. The van der Waals surface area contributed by atoms with Crippen LogP contribution in [0.4, 0.5) is 4.39 Å². The molecule has 2 N–H and O–H groups in total. The SMILES string of the molecule is CC1(C)COC2(CC(OCC(=O)O)C2)c2c1n(-c1ccc(F)c(Cl)c1)c1cccc(O)c21. The van der Waals surface area contributed by atoms with E-state index in [9.17, 15) is 14.3 Å². The number of phenolic OH excluding ortho intramolecular Hbond substituents is 1. The van der Waals surface area contributed by atoms with Gasteiger partial charge in [-0.15, -0.1) is 0 Å². The zero-order valence-electron chi connectivity index (χ0n) is 17.7. The molecule has 1 aliphatic heterocycles. The fraction of sp³-hybridized carbons (Fsp3) is 0.375. The van der Waals surface area contributed by atoms with Crippen molar-refractivity contribution in [2.24, 2.45) is 0 Å². The van der Waals surface area contributed by atoms with E-state index in [1.165, 1.54) is 6.07 Å². The number of carbonyl (C=O) groups is 1. The van der Waals surface area contributed by atoms with Crippen molar-refractivity contribution in [3.63, 3.8) is 0 Å². The Balaban J connectivity index is 1.74. The molecule has 0 unspecified atom stereocenters. The molecule has 8 heteroatoms. The van der Waals surface area contributed by atoms with Crippen molar-refractivity contribution in [2.45, 2.75) is 43.8 Å². The highest BCUT2D eigenvalue weighted by Crippen LogP contribution is 2.57. The van der Waals surface area contributed by atoms with Gasteiger partial charge < -0.3 is 24.3 Å². The average molecular weight is 460 g/mol. The van der Waals surface area contributed by atoms with Crippen LogP contribution in [0, 0.1) is 5.82 Å². The van der Waals surface area contributed by atoms with Gasteiger partial charge in [0.25, 0.3) is 0 Å². The molecule has 1 aliphatic carbocycles. The molecule has 3 aromatic rings. The van der Waals surface area contributed by atoms with Gasteiger partial charge in [-0.3, -0.25) is 0 Å². The van der Waals surface area contributed by atoms with E-state index >= 15 is 0 Å². The first-order chi connectivity index (χ1) is 15.1. The first-order valence-corrected chi connectivity index (χ1v) is 10.8. The van der Waals surface area contributed by atoms with Crippen LogP contribution in [0.5, 0.6) is 5.75 Å². The normalized spacial score (nSPS) is 23.8. The molecule has 1 spiro atoms. The molecule has 1 aromatic heterocycles. The van der Waals surface area contributed by atoms with Crippen LogP contribution in [-0.2, 0) is 25.3 Å². The molecule has 0 amide bonds. The second kappa shape index (κ2) is 7.20. The smallest absolute Gasteiger partial charge is 0.329 e. The van der Waals surface area contributed by atoms with E-state index in [1.807, 2.05) is 10.6 Å². The Labute approximate surface area is 189 Å². The van der Waals surface area contributed by atoms with Gasteiger partial charge >= 0.3 is 5.97 Å². The molecule has 0 saturated heterocycles. The summed E-state index contributed by atoms with van der Waals surface area (Å²) in [6, 6.07) is 9.90. The van der Waals surface area contributed by atoms with Crippen LogP contribution in [0.2, 0.25) is 5.02 Å². The van der Waals surface area contributed by atoms with E-state index in [4.69, 9.17) is 26.2 Å². The minimum Gasteiger partial charge on any atom is -0.507 e. The monoisotopic (exact) mass is 459 g/mol. The quantitative estimate of drug-likeness (QED) is 0.580. The lowest BCUT2D eigenvalue weighted by Gasteiger charge is -2.52. The Morgan fingerprint density at radius 1 is 1.31 bits per heavy atom. The van der Waals surface area contributed by atoms with Gasteiger partial charge in [-0.25, -0.2) is 9.18 Å². The molecular weight excluding hydrogens is 437 g/mol. The highest BCUT2D eigenvalue weighted by atomic mass is 35.5. The van der Waals surface area contributed by atoms with Crippen molar-refractivity contribution in [3.05, 3.63) is 58.5 Å². The Bertz CT molecular complexity index is 1240. The molecule has 1 fully saturated rings. The molecule has 0 bridgehead atoms. The molecule has 0 radical (unpaired) electrons. The number of aromatic nitrogens is 1. The summed E-state index contributed by atoms with van der Waals surface area (Å²) in [5, 5.41) is 20.5. The summed E-state index contributed by atoms with van der Waals surface area (Å²) in [5.41, 5.74) is 2.18. The summed E-state index contributed by atoms with van der Waals surface area (Å²) in [7, 11) is 0. The number of nitrogens with zero attached hydrogens (tertiary/aromatic N) is 1. The maximum absolute atomic E-state index is 13.9. The zero-order valence-corrected chi connectivity index (χ0v) is 18.4. The average Bonchev–Trinajstić information content (AvgIpc) is 3.06. The predicted molar refractivity (Wildman–Crippen MR) is 117 cm³/mol. The Morgan fingerprint density at radius 2 is 2.06 bits per heavy atom. The summed E-state index contributed by atoms with van der Waals surface area (Å²) < 4.78 is 27.8. The van der Waals surface area contributed by atoms with E-state index in [1.54, 1.807) is 24.3 Å². The third-order valence-electron chi connectivity index (χ3n) is 6.50. The first-order valence-electron chi connectivity index (χ1n) is 10.4.